The van der Waals surface area contributed by atoms with Crippen molar-refractivity contribution in [3.63, 3.8) is 0 Å². The van der Waals surface area contributed by atoms with Crippen molar-refractivity contribution in [3.8, 4) is 0 Å². The maximum atomic E-state index is 5.42. The Kier molecular flexibility index (Phi) is 4.33. The molecule has 0 spiro atoms. The van der Waals surface area contributed by atoms with Crippen LogP contribution in [0.25, 0.3) is 0 Å². The lowest BCUT2D eigenvalue weighted by Crippen LogP contribution is -2.40. The SMILES string of the molecule is CCc1nc(NN)cc(NC2CCCN(C)C2)n1. The predicted molar refractivity (Wildman–Crippen MR) is 73.4 cm³/mol. The molecule has 2 heterocycles. The first-order chi connectivity index (χ1) is 8.71. The summed E-state index contributed by atoms with van der Waals surface area (Å²) in [5.41, 5.74) is 2.59. The Bertz CT molecular complexity index is 372. The van der Waals surface area contributed by atoms with Crippen molar-refractivity contribution in [2.24, 2.45) is 5.84 Å². The van der Waals surface area contributed by atoms with Crippen LogP contribution in [0, 0.1) is 0 Å². The number of rotatable bonds is 4. The largest absolute Gasteiger partial charge is 0.366 e. The van der Waals surface area contributed by atoms with Gasteiger partial charge in [-0.2, -0.15) is 0 Å². The van der Waals surface area contributed by atoms with E-state index in [1.54, 1.807) is 0 Å². The third-order valence-corrected chi connectivity index (χ3v) is 3.21. The smallest absolute Gasteiger partial charge is 0.145 e. The Morgan fingerprint density at radius 2 is 2.22 bits per heavy atom. The second kappa shape index (κ2) is 5.97. The molecule has 1 saturated heterocycles. The number of piperidine rings is 1. The molecule has 0 aliphatic carbocycles. The third kappa shape index (κ3) is 3.30. The number of nitrogens with one attached hydrogen (secondary N) is 2. The summed E-state index contributed by atoms with van der Waals surface area (Å²) in [6, 6.07) is 2.31. The zero-order valence-corrected chi connectivity index (χ0v) is 11.1. The van der Waals surface area contributed by atoms with E-state index in [1.807, 2.05) is 13.0 Å². The summed E-state index contributed by atoms with van der Waals surface area (Å²) < 4.78 is 0. The molecule has 1 aromatic heterocycles. The predicted octanol–water partition coefficient (Wildman–Crippen LogP) is 0.831. The van der Waals surface area contributed by atoms with Gasteiger partial charge in [0, 0.05) is 25.1 Å². The van der Waals surface area contributed by atoms with Gasteiger partial charge in [-0.25, -0.2) is 15.8 Å². The van der Waals surface area contributed by atoms with Crippen LogP contribution in [0.15, 0.2) is 6.07 Å². The molecular weight excluding hydrogens is 228 g/mol. The van der Waals surface area contributed by atoms with Crippen LogP contribution in [0.3, 0.4) is 0 Å². The van der Waals surface area contributed by atoms with Gasteiger partial charge in [0.2, 0.25) is 0 Å². The van der Waals surface area contributed by atoms with E-state index < -0.39 is 0 Å². The van der Waals surface area contributed by atoms with Crippen molar-refractivity contribution >= 4 is 11.6 Å². The first-order valence-corrected chi connectivity index (χ1v) is 6.51. The highest BCUT2D eigenvalue weighted by molar-refractivity contribution is 5.47. The number of likely N-dealkylation sites (tertiary alicyclic amines) is 1. The molecule has 0 radical (unpaired) electrons. The molecule has 0 bridgehead atoms. The van der Waals surface area contributed by atoms with E-state index in [1.165, 1.54) is 19.4 Å². The fourth-order valence-corrected chi connectivity index (χ4v) is 2.30. The Hall–Kier alpha value is -1.40. The van der Waals surface area contributed by atoms with Gasteiger partial charge in [-0.05, 0) is 26.4 Å². The molecule has 1 atom stereocenters. The molecule has 2 rings (SSSR count). The van der Waals surface area contributed by atoms with Crippen LogP contribution >= 0.6 is 0 Å². The molecule has 1 fully saturated rings. The molecule has 18 heavy (non-hydrogen) atoms. The average molecular weight is 250 g/mol. The number of anilines is 2. The number of aromatic nitrogens is 2. The van der Waals surface area contributed by atoms with Crippen LogP contribution in [-0.2, 0) is 6.42 Å². The topological polar surface area (TPSA) is 79.1 Å². The minimum Gasteiger partial charge on any atom is -0.366 e. The third-order valence-electron chi connectivity index (χ3n) is 3.21. The van der Waals surface area contributed by atoms with Crippen molar-refractivity contribution in [2.45, 2.75) is 32.2 Å². The summed E-state index contributed by atoms with van der Waals surface area (Å²) in [5, 5.41) is 3.47. The summed E-state index contributed by atoms with van der Waals surface area (Å²) in [6.45, 7) is 4.27. The lowest BCUT2D eigenvalue weighted by atomic mass is 10.1. The van der Waals surface area contributed by atoms with E-state index in [2.05, 4.69) is 32.7 Å². The second-order valence-corrected chi connectivity index (χ2v) is 4.80. The second-order valence-electron chi connectivity index (χ2n) is 4.80. The minimum absolute atomic E-state index is 0.453. The summed E-state index contributed by atoms with van der Waals surface area (Å²) in [5.74, 6) is 7.74. The maximum absolute atomic E-state index is 5.42. The molecule has 1 aliphatic heterocycles. The number of aryl methyl sites for hydroxylation is 1. The number of likely N-dealkylation sites (N-methyl/N-ethyl adjacent to an activating group) is 1. The van der Waals surface area contributed by atoms with Gasteiger partial charge in [-0.1, -0.05) is 6.92 Å². The van der Waals surface area contributed by atoms with Crippen LogP contribution in [-0.4, -0.2) is 41.0 Å². The van der Waals surface area contributed by atoms with Crippen LogP contribution in [0.5, 0.6) is 0 Å². The van der Waals surface area contributed by atoms with E-state index in [-0.39, 0.29) is 0 Å². The Labute approximate surface area is 108 Å². The summed E-state index contributed by atoms with van der Waals surface area (Å²) in [6.07, 6.45) is 3.21. The van der Waals surface area contributed by atoms with Crippen LogP contribution < -0.4 is 16.6 Å². The number of nitrogens with two attached hydrogens (primary N) is 1. The molecule has 1 unspecified atom stereocenters. The minimum atomic E-state index is 0.453. The number of nitrogens with zero attached hydrogens (tertiary/aromatic N) is 3. The molecule has 1 aliphatic rings. The van der Waals surface area contributed by atoms with Crippen molar-refractivity contribution in [1.29, 1.82) is 0 Å². The molecule has 6 nitrogen and oxygen atoms in total. The van der Waals surface area contributed by atoms with Crippen molar-refractivity contribution in [1.82, 2.24) is 14.9 Å². The van der Waals surface area contributed by atoms with Gasteiger partial charge in [-0.3, -0.25) is 0 Å². The van der Waals surface area contributed by atoms with E-state index in [9.17, 15) is 0 Å². The molecule has 0 saturated carbocycles. The standard InChI is InChI=1S/C12H22N6/c1-3-10-15-11(7-12(16-10)17-13)14-9-5-4-6-18(2)8-9/h7,9H,3-6,8,13H2,1-2H3,(H2,14,15,16,17). The molecular formula is C12H22N6. The Morgan fingerprint density at radius 3 is 2.89 bits per heavy atom. The van der Waals surface area contributed by atoms with Crippen molar-refractivity contribution in [2.75, 3.05) is 30.9 Å². The molecule has 0 aromatic carbocycles. The van der Waals surface area contributed by atoms with Gasteiger partial charge in [0.05, 0.1) is 0 Å². The highest BCUT2D eigenvalue weighted by Crippen LogP contribution is 2.16. The molecule has 0 amide bonds. The van der Waals surface area contributed by atoms with Gasteiger partial charge in [0.1, 0.15) is 17.5 Å². The van der Waals surface area contributed by atoms with Crippen molar-refractivity contribution < 1.29 is 0 Å². The number of hydrogen-bond donors (Lipinski definition) is 3. The number of hydrogen-bond acceptors (Lipinski definition) is 6. The Balaban J connectivity index is 2.07. The highest BCUT2D eigenvalue weighted by Gasteiger charge is 2.17. The van der Waals surface area contributed by atoms with E-state index >= 15 is 0 Å². The van der Waals surface area contributed by atoms with Crippen LogP contribution in [0.4, 0.5) is 11.6 Å². The normalized spacial score (nSPS) is 20.7. The van der Waals surface area contributed by atoms with Gasteiger partial charge in [0.25, 0.3) is 0 Å². The highest BCUT2D eigenvalue weighted by atomic mass is 15.3. The fraction of sp³-hybridized carbons (Fsp3) is 0.667. The zero-order valence-electron chi connectivity index (χ0n) is 11.1. The number of hydrazine groups is 1. The monoisotopic (exact) mass is 250 g/mol. The molecule has 1 aromatic rings. The fourth-order valence-electron chi connectivity index (χ4n) is 2.30. The van der Waals surface area contributed by atoms with E-state index in [0.29, 0.717) is 11.9 Å². The van der Waals surface area contributed by atoms with Crippen molar-refractivity contribution in [3.05, 3.63) is 11.9 Å². The van der Waals surface area contributed by atoms with Gasteiger partial charge in [0.15, 0.2) is 0 Å². The van der Waals surface area contributed by atoms with E-state index in [0.717, 1.165) is 24.6 Å². The van der Waals surface area contributed by atoms with Crippen LogP contribution in [0.2, 0.25) is 0 Å². The lowest BCUT2D eigenvalue weighted by Gasteiger charge is -2.30. The zero-order chi connectivity index (χ0) is 13.0. The first kappa shape index (κ1) is 13.0. The van der Waals surface area contributed by atoms with Gasteiger partial charge < -0.3 is 15.6 Å². The molecule has 100 valence electrons. The van der Waals surface area contributed by atoms with Gasteiger partial charge >= 0.3 is 0 Å². The quantitative estimate of drug-likeness (QED) is 0.542. The van der Waals surface area contributed by atoms with Gasteiger partial charge in [-0.15, -0.1) is 0 Å². The average Bonchev–Trinajstić information content (AvgIpc) is 2.38. The first-order valence-electron chi connectivity index (χ1n) is 6.51. The number of nitrogen functional groups attached to an aromatic ring is 1. The summed E-state index contributed by atoms with van der Waals surface area (Å²) in [7, 11) is 2.15. The van der Waals surface area contributed by atoms with Crippen LogP contribution in [0.1, 0.15) is 25.6 Å². The molecule has 6 heteroatoms. The molecule has 4 N–H and O–H groups in total. The Morgan fingerprint density at radius 1 is 1.44 bits per heavy atom. The van der Waals surface area contributed by atoms with E-state index in [4.69, 9.17) is 5.84 Å². The maximum Gasteiger partial charge on any atom is 0.145 e. The lowest BCUT2D eigenvalue weighted by molar-refractivity contribution is 0.260. The summed E-state index contributed by atoms with van der Waals surface area (Å²) in [4.78, 5) is 11.1. The summed E-state index contributed by atoms with van der Waals surface area (Å²) >= 11 is 0.